The Morgan fingerprint density at radius 3 is 2.17 bits per heavy atom. The van der Waals surface area contributed by atoms with Crippen LogP contribution in [0.5, 0.6) is 0 Å². The van der Waals surface area contributed by atoms with Gasteiger partial charge in [0.15, 0.2) is 5.13 Å². The smallest absolute Gasteiger partial charge is 0.269 e. The van der Waals surface area contributed by atoms with Crippen molar-refractivity contribution in [1.82, 2.24) is 4.98 Å². The van der Waals surface area contributed by atoms with Gasteiger partial charge in [-0.3, -0.25) is 4.79 Å². The molecule has 3 nitrogen and oxygen atoms in total. The summed E-state index contributed by atoms with van der Waals surface area (Å²) in [7, 11) is 0. The number of amides is 1. The minimum atomic E-state index is -1.53. The number of anilines is 1. The highest BCUT2D eigenvalue weighted by Crippen LogP contribution is 2.17. The minimum absolute atomic E-state index is 0.0230. The molecule has 1 N–H and O–H groups in total. The highest BCUT2D eigenvalue weighted by atomic mass is 32.1. The number of rotatable bonds is 11. The maximum absolute atomic E-state index is 12.2. The van der Waals surface area contributed by atoms with Gasteiger partial charge < -0.3 is 5.32 Å². The number of hydrogen-bond acceptors (Lipinski definition) is 3. The third kappa shape index (κ3) is 9.43. The van der Waals surface area contributed by atoms with E-state index in [-0.39, 0.29) is 11.5 Å². The van der Waals surface area contributed by atoms with Crippen molar-refractivity contribution in [2.45, 2.75) is 71.6 Å². The Morgan fingerprint density at radius 1 is 1.09 bits per heavy atom. The summed E-state index contributed by atoms with van der Waals surface area (Å²) >= 11 is 1.44. The Hall–Kier alpha value is -1.30. The number of nitrogens with one attached hydrogen (secondary N) is 1. The third-order valence-electron chi connectivity index (χ3n) is 3.64. The first kappa shape index (κ1) is 19.7. The number of halogens is 2. The molecule has 1 rings (SSSR count). The van der Waals surface area contributed by atoms with Crippen molar-refractivity contribution in [3.63, 3.8) is 0 Å². The van der Waals surface area contributed by atoms with Crippen molar-refractivity contribution in [1.29, 1.82) is 0 Å². The SMILES string of the molecule is CC(CCCCCCCCCC(=O)Nc1nc(C)cs1)=C(F)F. The van der Waals surface area contributed by atoms with E-state index in [1.54, 1.807) is 0 Å². The standard InChI is InChI=1S/C17H26F2N2OS/c1-13(16(18)19)10-8-6-4-3-5-7-9-11-15(22)21-17-20-14(2)12-23-17/h12H,3-11H2,1-2H3,(H,20,21,22). The van der Waals surface area contributed by atoms with E-state index in [4.69, 9.17) is 0 Å². The molecule has 23 heavy (non-hydrogen) atoms. The van der Waals surface area contributed by atoms with E-state index >= 15 is 0 Å². The summed E-state index contributed by atoms with van der Waals surface area (Å²) in [5.74, 6) is 0.0230. The second kappa shape index (κ2) is 11.3. The van der Waals surface area contributed by atoms with Crippen molar-refractivity contribution in [3.8, 4) is 0 Å². The second-order valence-corrected chi connectivity index (χ2v) is 6.72. The third-order valence-corrected chi connectivity index (χ3v) is 4.52. The van der Waals surface area contributed by atoms with E-state index in [0.717, 1.165) is 50.6 Å². The molecular formula is C17H26F2N2OS. The molecule has 1 amide bonds. The first-order valence-corrected chi connectivity index (χ1v) is 9.09. The van der Waals surface area contributed by atoms with Crippen LogP contribution in [-0.4, -0.2) is 10.9 Å². The van der Waals surface area contributed by atoms with Gasteiger partial charge in [-0.1, -0.05) is 32.1 Å². The fourth-order valence-electron chi connectivity index (χ4n) is 2.25. The van der Waals surface area contributed by atoms with Crippen LogP contribution >= 0.6 is 11.3 Å². The molecule has 1 aromatic rings. The zero-order valence-electron chi connectivity index (χ0n) is 14.0. The van der Waals surface area contributed by atoms with Crippen molar-refractivity contribution >= 4 is 22.4 Å². The lowest BCUT2D eigenvalue weighted by Gasteiger charge is -2.03. The lowest BCUT2D eigenvalue weighted by Crippen LogP contribution is -2.10. The molecule has 0 aliphatic heterocycles. The molecular weight excluding hydrogens is 318 g/mol. The summed E-state index contributed by atoms with van der Waals surface area (Å²) < 4.78 is 24.4. The number of aryl methyl sites for hydroxylation is 1. The van der Waals surface area contributed by atoms with Crippen molar-refractivity contribution in [2.75, 3.05) is 5.32 Å². The van der Waals surface area contributed by atoms with E-state index in [9.17, 15) is 13.6 Å². The van der Waals surface area contributed by atoms with E-state index in [1.807, 2.05) is 12.3 Å². The van der Waals surface area contributed by atoms with Crippen LogP contribution in [0.2, 0.25) is 0 Å². The summed E-state index contributed by atoms with van der Waals surface area (Å²) in [4.78, 5) is 15.9. The molecule has 0 aliphatic carbocycles. The van der Waals surface area contributed by atoms with Gasteiger partial charge in [0.1, 0.15) is 0 Å². The Bertz CT molecular complexity index is 510. The Morgan fingerprint density at radius 2 is 1.65 bits per heavy atom. The maximum atomic E-state index is 12.2. The molecule has 0 bridgehead atoms. The van der Waals surface area contributed by atoms with E-state index < -0.39 is 6.08 Å². The van der Waals surface area contributed by atoms with Crippen LogP contribution in [0.15, 0.2) is 17.0 Å². The van der Waals surface area contributed by atoms with Gasteiger partial charge in [0.25, 0.3) is 6.08 Å². The predicted octanol–water partition coefficient (Wildman–Crippen LogP) is 6.07. The zero-order chi connectivity index (χ0) is 17.1. The number of allylic oxidation sites excluding steroid dienone is 1. The van der Waals surface area contributed by atoms with Crippen molar-refractivity contribution < 1.29 is 13.6 Å². The normalized spacial score (nSPS) is 10.6. The number of carbonyl (C=O) groups is 1. The number of thiazole rings is 1. The molecule has 1 aromatic heterocycles. The second-order valence-electron chi connectivity index (χ2n) is 5.86. The predicted molar refractivity (Wildman–Crippen MR) is 91.9 cm³/mol. The van der Waals surface area contributed by atoms with Gasteiger partial charge in [-0.15, -0.1) is 11.3 Å². The fraction of sp³-hybridized carbons (Fsp3) is 0.647. The van der Waals surface area contributed by atoms with Gasteiger partial charge in [0.2, 0.25) is 5.91 Å². The van der Waals surface area contributed by atoms with Gasteiger partial charge in [-0.25, -0.2) is 4.98 Å². The van der Waals surface area contributed by atoms with Crippen LogP contribution in [0.4, 0.5) is 13.9 Å². The van der Waals surface area contributed by atoms with Crippen LogP contribution in [0.1, 0.15) is 70.4 Å². The van der Waals surface area contributed by atoms with Crippen molar-refractivity contribution in [2.24, 2.45) is 0 Å². The zero-order valence-corrected chi connectivity index (χ0v) is 14.8. The minimum Gasteiger partial charge on any atom is -0.302 e. The summed E-state index contributed by atoms with van der Waals surface area (Å²) in [6.07, 6.45) is 6.50. The molecule has 0 saturated heterocycles. The lowest BCUT2D eigenvalue weighted by atomic mass is 10.1. The summed E-state index contributed by atoms with van der Waals surface area (Å²) in [6.45, 7) is 3.39. The monoisotopic (exact) mass is 344 g/mol. The summed E-state index contributed by atoms with van der Waals surface area (Å²) in [5.41, 5.74) is 1.14. The lowest BCUT2D eigenvalue weighted by molar-refractivity contribution is -0.116. The average Bonchev–Trinajstić information content (AvgIpc) is 2.90. The summed E-state index contributed by atoms with van der Waals surface area (Å²) in [6, 6.07) is 0. The van der Waals surface area contributed by atoms with Crippen LogP contribution in [-0.2, 0) is 4.79 Å². The molecule has 0 radical (unpaired) electrons. The van der Waals surface area contributed by atoms with Gasteiger partial charge in [0.05, 0.1) is 5.69 Å². The van der Waals surface area contributed by atoms with Crippen LogP contribution in [0, 0.1) is 6.92 Å². The molecule has 0 saturated carbocycles. The number of hydrogen-bond donors (Lipinski definition) is 1. The van der Waals surface area contributed by atoms with Gasteiger partial charge >= 0.3 is 0 Å². The van der Waals surface area contributed by atoms with E-state index in [1.165, 1.54) is 18.3 Å². The Labute approximate surface area is 141 Å². The van der Waals surface area contributed by atoms with Gasteiger partial charge in [0, 0.05) is 11.8 Å². The first-order valence-electron chi connectivity index (χ1n) is 8.21. The fourth-order valence-corrected chi connectivity index (χ4v) is 2.95. The number of unbranched alkanes of at least 4 members (excludes halogenated alkanes) is 6. The maximum Gasteiger partial charge on any atom is 0.269 e. The average molecular weight is 344 g/mol. The molecule has 0 unspecified atom stereocenters. The van der Waals surface area contributed by atoms with Gasteiger partial charge in [-0.2, -0.15) is 8.78 Å². The number of nitrogens with zero attached hydrogens (tertiary/aromatic N) is 1. The Balaban J connectivity index is 1.93. The largest absolute Gasteiger partial charge is 0.302 e. The molecule has 0 aromatic carbocycles. The van der Waals surface area contributed by atoms with Gasteiger partial charge in [-0.05, 0) is 38.7 Å². The quantitative estimate of drug-likeness (QED) is 0.495. The van der Waals surface area contributed by atoms with Crippen molar-refractivity contribution in [3.05, 3.63) is 22.7 Å². The number of carbonyl (C=O) groups excluding carboxylic acids is 1. The molecule has 1 heterocycles. The molecule has 0 spiro atoms. The topological polar surface area (TPSA) is 42.0 Å². The highest BCUT2D eigenvalue weighted by Gasteiger charge is 2.05. The molecule has 130 valence electrons. The van der Waals surface area contributed by atoms with Crippen LogP contribution in [0.25, 0.3) is 0 Å². The highest BCUT2D eigenvalue weighted by molar-refractivity contribution is 7.13. The number of aromatic nitrogens is 1. The molecule has 6 heteroatoms. The van der Waals surface area contributed by atoms with Crippen LogP contribution in [0.3, 0.4) is 0 Å². The van der Waals surface area contributed by atoms with E-state index in [0.29, 0.717) is 18.0 Å². The van der Waals surface area contributed by atoms with E-state index in [2.05, 4.69) is 10.3 Å². The Kier molecular flexibility index (Phi) is 9.67. The molecule has 0 atom stereocenters. The van der Waals surface area contributed by atoms with Crippen LogP contribution < -0.4 is 5.32 Å². The first-order chi connectivity index (χ1) is 11.0. The molecule has 0 aliphatic rings. The summed E-state index contributed by atoms with van der Waals surface area (Å²) in [5, 5.41) is 5.38. The molecule has 0 fully saturated rings.